The fourth-order valence-corrected chi connectivity index (χ4v) is 1.79. The molecule has 0 bridgehead atoms. The van der Waals surface area contributed by atoms with Gasteiger partial charge in [0.25, 0.3) is 0 Å². The molecule has 0 aromatic carbocycles. The fraction of sp³-hybridized carbons (Fsp3) is 0.700. The van der Waals surface area contributed by atoms with E-state index in [-0.39, 0.29) is 16.5 Å². The summed E-state index contributed by atoms with van der Waals surface area (Å²) >= 11 is 11.2. The number of hydrogen-bond acceptors (Lipinski definition) is 2. The minimum absolute atomic E-state index is 0.0128. The van der Waals surface area contributed by atoms with Crippen LogP contribution in [0.4, 0.5) is 0 Å². The zero-order valence-corrected chi connectivity index (χ0v) is 10.9. The molecular formula is C10H17Cl2NO2. The Hall–Kier alpha value is -0.250. The third kappa shape index (κ3) is 4.87. The first kappa shape index (κ1) is 14.8. The molecular weight excluding hydrogens is 237 g/mol. The lowest BCUT2D eigenvalue weighted by molar-refractivity contribution is -0.145. The average Bonchev–Trinajstić information content (AvgIpc) is 2.00. The first-order chi connectivity index (χ1) is 6.77. The molecule has 0 aromatic heterocycles. The Bertz CT molecular complexity index is 248. The molecule has 0 saturated carbocycles. The SMILES string of the molecule is CC(C)C(C(=O)O)C(C=C(Cl)Cl)N(C)C. The summed E-state index contributed by atoms with van der Waals surface area (Å²) < 4.78 is 0.0978. The normalized spacial score (nSPS) is 15.2. The summed E-state index contributed by atoms with van der Waals surface area (Å²) in [4.78, 5) is 12.9. The lowest BCUT2D eigenvalue weighted by atomic mass is 9.88. The van der Waals surface area contributed by atoms with Gasteiger partial charge < -0.3 is 10.0 Å². The maximum atomic E-state index is 11.1. The topological polar surface area (TPSA) is 40.5 Å². The molecule has 0 aromatic rings. The van der Waals surface area contributed by atoms with Gasteiger partial charge in [-0.05, 0) is 26.1 Å². The maximum absolute atomic E-state index is 11.1. The van der Waals surface area contributed by atoms with Gasteiger partial charge in [-0.3, -0.25) is 4.79 Å². The van der Waals surface area contributed by atoms with Crippen molar-refractivity contribution in [3.63, 3.8) is 0 Å². The van der Waals surface area contributed by atoms with Crippen LogP contribution in [0.1, 0.15) is 13.8 Å². The van der Waals surface area contributed by atoms with Crippen molar-refractivity contribution >= 4 is 29.2 Å². The van der Waals surface area contributed by atoms with E-state index in [0.29, 0.717) is 0 Å². The zero-order valence-electron chi connectivity index (χ0n) is 9.37. The van der Waals surface area contributed by atoms with Crippen LogP contribution in [0, 0.1) is 11.8 Å². The third-order valence-corrected chi connectivity index (χ3v) is 2.52. The number of likely N-dealkylation sites (N-methyl/N-ethyl adjacent to an activating group) is 1. The van der Waals surface area contributed by atoms with Crippen molar-refractivity contribution < 1.29 is 9.90 Å². The van der Waals surface area contributed by atoms with Crippen LogP contribution in [-0.4, -0.2) is 36.1 Å². The minimum Gasteiger partial charge on any atom is -0.481 e. The molecule has 2 unspecified atom stereocenters. The van der Waals surface area contributed by atoms with Crippen LogP contribution in [0.2, 0.25) is 0 Å². The lowest BCUT2D eigenvalue weighted by Gasteiger charge is -2.29. The summed E-state index contributed by atoms with van der Waals surface area (Å²) in [6.45, 7) is 3.73. The molecule has 0 amide bonds. The molecule has 0 radical (unpaired) electrons. The number of carboxylic acid groups (broad SMARTS) is 1. The molecule has 5 heteroatoms. The van der Waals surface area contributed by atoms with Crippen LogP contribution >= 0.6 is 23.2 Å². The van der Waals surface area contributed by atoms with Gasteiger partial charge in [-0.15, -0.1) is 0 Å². The highest BCUT2D eigenvalue weighted by Crippen LogP contribution is 2.23. The molecule has 0 aliphatic carbocycles. The highest BCUT2D eigenvalue weighted by atomic mass is 35.5. The average molecular weight is 254 g/mol. The van der Waals surface area contributed by atoms with Gasteiger partial charge in [-0.25, -0.2) is 0 Å². The summed E-state index contributed by atoms with van der Waals surface area (Å²) in [5.74, 6) is -1.35. The smallest absolute Gasteiger partial charge is 0.308 e. The zero-order chi connectivity index (χ0) is 12.2. The first-order valence-electron chi connectivity index (χ1n) is 4.69. The fourth-order valence-electron chi connectivity index (χ4n) is 1.53. The number of carboxylic acids is 1. The van der Waals surface area contributed by atoms with E-state index in [1.165, 1.54) is 0 Å². The van der Waals surface area contributed by atoms with E-state index in [0.717, 1.165) is 0 Å². The third-order valence-electron chi connectivity index (χ3n) is 2.26. The molecule has 15 heavy (non-hydrogen) atoms. The van der Waals surface area contributed by atoms with E-state index in [9.17, 15) is 4.79 Å². The Morgan fingerprint density at radius 2 is 1.80 bits per heavy atom. The van der Waals surface area contributed by atoms with Crippen LogP contribution in [0.5, 0.6) is 0 Å². The van der Waals surface area contributed by atoms with Crippen molar-refractivity contribution in [2.45, 2.75) is 19.9 Å². The highest BCUT2D eigenvalue weighted by Gasteiger charge is 2.31. The molecule has 2 atom stereocenters. The highest BCUT2D eigenvalue weighted by molar-refractivity contribution is 6.55. The van der Waals surface area contributed by atoms with Crippen LogP contribution in [0.15, 0.2) is 10.6 Å². The second kappa shape index (κ2) is 6.36. The number of hydrogen-bond donors (Lipinski definition) is 1. The minimum atomic E-state index is -0.838. The quantitative estimate of drug-likeness (QED) is 0.819. The van der Waals surface area contributed by atoms with Gasteiger partial charge in [0.1, 0.15) is 4.49 Å². The van der Waals surface area contributed by atoms with Crippen molar-refractivity contribution in [1.29, 1.82) is 0 Å². The number of aliphatic carboxylic acids is 1. The Kier molecular flexibility index (Phi) is 6.25. The molecule has 3 nitrogen and oxygen atoms in total. The van der Waals surface area contributed by atoms with Gasteiger partial charge in [0.2, 0.25) is 0 Å². The van der Waals surface area contributed by atoms with Crippen LogP contribution in [-0.2, 0) is 4.79 Å². The van der Waals surface area contributed by atoms with E-state index in [2.05, 4.69) is 0 Å². The molecule has 1 N–H and O–H groups in total. The van der Waals surface area contributed by atoms with Crippen molar-refractivity contribution in [3.8, 4) is 0 Å². The summed E-state index contributed by atoms with van der Waals surface area (Å²) in [6, 6.07) is -0.299. The van der Waals surface area contributed by atoms with Crippen molar-refractivity contribution in [1.82, 2.24) is 4.90 Å². The molecule has 0 saturated heterocycles. The van der Waals surface area contributed by atoms with Gasteiger partial charge >= 0.3 is 5.97 Å². The second-order valence-corrected chi connectivity index (χ2v) is 5.03. The molecule has 0 heterocycles. The molecule has 0 rings (SSSR count). The van der Waals surface area contributed by atoms with Gasteiger partial charge in [0.05, 0.1) is 5.92 Å². The Morgan fingerprint density at radius 3 is 2.00 bits per heavy atom. The van der Waals surface area contributed by atoms with E-state index in [1.54, 1.807) is 25.1 Å². The van der Waals surface area contributed by atoms with Gasteiger partial charge in [-0.1, -0.05) is 37.0 Å². The first-order valence-corrected chi connectivity index (χ1v) is 5.45. The van der Waals surface area contributed by atoms with E-state index in [1.807, 2.05) is 13.8 Å². The maximum Gasteiger partial charge on any atom is 0.308 e. The molecule has 0 spiro atoms. The summed E-state index contributed by atoms with van der Waals surface area (Å²) in [5.41, 5.74) is 0. The standard InChI is InChI=1S/C10H17Cl2NO2/c1-6(2)9(10(14)15)7(13(3)4)5-8(11)12/h5-7,9H,1-4H3,(H,14,15). The second-order valence-electron chi connectivity index (χ2n) is 4.02. The van der Waals surface area contributed by atoms with Crippen LogP contribution < -0.4 is 0 Å². The Morgan fingerprint density at radius 1 is 1.33 bits per heavy atom. The number of carbonyl (C=O) groups is 1. The van der Waals surface area contributed by atoms with Crippen molar-refractivity contribution in [2.24, 2.45) is 11.8 Å². The summed E-state index contributed by atoms with van der Waals surface area (Å²) in [5, 5.41) is 9.13. The van der Waals surface area contributed by atoms with E-state index in [4.69, 9.17) is 28.3 Å². The van der Waals surface area contributed by atoms with Gasteiger partial charge in [-0.2, -0.15) is 0 Å². The number of nitrogens with zero attached hydrogens (tertiary/aromatic N) is 1. The molecule has 0 fully saturated rings. The van der Waals surface area contributed by atoms with E-state index < -0.39 is 11.9 Å². The summed E-state index contributed by atoms with van der Waals surface area (Å²) in [6.07, 6.45) is 1.56. The molecule has 0 aliphatic heterocycles. The number of halogens is 2. The monoisotopic (exact) mass is 253 g/mol. The van der Waals surface area contributed by atoms with Crippen molar-refractivity contribution in [3.05, 3.63) is 10.6 Å². The van der Waals surface area contributed by atoms with Gasteiger partial charge in [0, 0.05) is 6.04 Å². The lowest BCUT2D eigenvalue weighted by Crippen LogP contribution is -2.40. The Balaban J connectivity index is 5.02. The predicted octanol–water partition coefficient (Wildman–Crippen LogP) is 2.59. The number of rotatable bonds is 5. The van der Waals surface area contributed by atoms with E-state index >= 15 is 0 Å². The predicted molar refractivity (Wildman–Crippen MR) is 63.2 cm³/mol. The largest absolute Gasteiger partial charge is 0.481 e. The van der Waals surface area contributed by atoms with Crippen molar-refractivity contribution in [2.75, 3.05) is 14.1 Å². The van der Waals surface area contributed by atoms with Crippen LogP contribution in [0.25, 0.3) is 0 Å². The van der Waals surface area contributed by atoms with Gasteiger partial charge in [0.15, 0.2) is 0 Å². The molecule has 88 valence electrons. The van der Waals surface area contributed by atoms with Crippen LogP contribution in [0.3, 0.4) is 0 Å². The Labute approximate surface area is 101 Å². The summed E-state index contributed by atoms with van der Waals surface area (Å²) in [7, 11) is 3.60. The molecule has 0 aliphatic rings.